The maximum absolute atomic E-state index is 11.9. The third kappa shape index (κ3) is 11.1. The van der Waals surface area contributed by atoms with Gasteiger partial charge in [0.1, 0.15) is 38.4 Å². The SMILES string of the molecule is O=C(CC[NH+]([O-])O)OCC1OC(O)C(OC(=O)CC[NH+]([O-])O)C(O)C1OC(=O)CC[NH+]([O-])O. The van der Waals surface area contributed by atoms with E-state index in [-0.39, 0.29) is 0 Å². The van der Waals surface area contributed by atoms with Gasteiger partial charge < -0.3 is 44.8 Å². The van der Waals surface area contributed by atoms with Gasteiger partial charge in [-0.25, -0.2) is 31.3 Å². The monoisotopic (exact) mass is 489 g/mol. The highest BCUT2D eigenvalue weighted by Crippen LogP contribution is 2.26. The summed E-state index contributed by atoms with van der Waals surface area (Å²) >= 11 is 0. The summed E-state index contributed by atoms with van der Waals surface area (Å²) in [7, 11) is 0. The lowest BCUT2D eigenvalue weighted by Crippen LogP contribution is -3.04. The Morgan fingerprint density at radius 1 is 0.758 bits per heavy atom. The molecule has 8 unspecified atom stereocenters. The van der Waals surface area contributed by atoms with Crippen LogP contribution in [0.5, 0.6) is 0 Å². The fourth-order valence-corrected chi connectivity index (χ4v) is 2.61. The number of quaternary nitrogens is 3. The quantitative estimate of drug-likeness (QED) is 0.0678. The van der Waals surface area contributed by atoms with Gasteiger partial charge in [-0.05, 0) is 0 Å². The number of rotatable bonds is 13. The highest BCUT2D eigenvalue weighted by molar-refractivity contribution is 5.70. The van der Waals surface area contributed by atoms with E-state index in [0.29, 0.717) is 0 Å². The van der Waals surface area contributed by atoms with Crippen molar-refractivity contribution in [2.24, 2.45) is 0 Å². The highest BCUT2D eigenvalue weighted by Gasteiger charge is 2.49. The van der Waals surface area contributed by atoms with Crippen LogP contribution in [-0.4, -0.2) is 101 Å². The van der Waals surface area contributed by atoms with E-state index in [1.54, 1.807) is 0 Å². The van der Waals surface area contributed by atoms with Crippen molar-refractivity contribution in [3.63, 3.8) is 0 Å². The van der Waals surface area contributed by atoms with Crippen LogP contribution in [0.2, 0.25) is 0 Å². The third-order valence-corrected chi connectivity index (χ3v) is 4.21. The Kier molecular flexibility index (Phi) is 12.5. The second-order valence-corrected chi connectivity index (χ2v) is 6.83. The molecule has 1 aliphatic heterocycles. The first-order valence-electron chi connectivity index (χ1n) is 9.62. The van der Waals surface area contributed by atoms with Crippen LogP contribution in [0.1, 0.15) is 19.3 Å². The first-order chi connectivity index (χ1) is 15.4. The molecule has 1 fully saturated rings. The molecule has 0 aromatic rings. The molecule has 8 atom stereocenters. The molecule has 1 heterocycles. The summed E-state index contributed by atoms with van der Waals surface area (Å²) in [5.41, 5.74) is 0. The van der Waals surface area contributed by atoms with Crippen molar-refractivity contribution in [2.75, 3.05) is 26.2 Å². The van der Waals surface area contributed by atoms with Crippen LogP contribution in [0.3, 0.4) is 0 Å². The van der Waals surface area contributed by atoms with E-state index in [9.17, 15) is 40.2 Å². The molecule has 0 aliphatic carbocycles. The van der Waals surface area contributed by atoms with Crippen LogP contribution in [0.15, 0.2) is 0 Å². The number of ether oxygens (including phenoxy) is 4. The molecule has 0 spiro atoms. The van der Waals surface area contributed by atoms with Gasteiger partial charge in [0, 0.05) is 0 Å². The van der Waals surface area contributed by atoms with Crippen molar-refractivity contribution in [3.05, 3.63) is 15.6 Å². The normalized spacial score (nSPS) is 27.8. The Bertz CT molecular complexity index is 632. The summed E-state index contributed by atoms with van der Waals surface area (Å²) in [6.07, 6.45) is -10.6. The Labute approximate surface area is 185 Å². The average Bonchev–Trinajstić information content (AvgIpc) is 2.72. The third-order valence-electron chi connectivity index (χ3n) is 4.21. The lowest BCUT2D eigenvalue weighted by molar-refractivity contribution is -1.05. The molecule has 0 aromatic carbocycles. The molecule has 8 N–H and O–H groups in total. The second-order valence-electron chi connectivity index (χ2n) is 6.83. The average molecular weight is 489 g/mol. The Balaban J connectivity index is 2.86. The second kappa shape index (κ2) is 14.2. The van der Waals surface area contributed by atoms with Crippen LogP contribution in [0.25, 0.3) is 0 Å². The lowest BCUT2D eigenvalue weighted by Gasteiger charge is -2.41. The molecule has 1 aliphatic rings. The van der Waals surface area contributed by atoms with Crippen LogP contribution >= 0.6 is 0 Å². The van der Waals surface area contributed by atoms with Crippen molar-refractivity contribution < 1.29 is 74.8 Å². The molecule has 1 rings (SSSR count). The van der Waals surface area contributed by atoms with Crippen molar-refractivity contribution in [3.8, 4) is 0 Å². The zero-order valence-electron chi connectivity index (χ0n) is 17.2. The summed E-state index contributed by atoms with van der Waals surface area (Å²) in [4.78, 5) is 35.4. The molecule has 1 saturated heterocycles. The summed E-state index contributed by atoms with van der Waals surface area (Å²) in [5.74, 6) is -3.18. The molecule has 0 aromatic heterocycles. The minimum Gasteiger partial charge on any atom is -0.600 e. The Hall–Kier alpha value is -2.07. The number of hydroxylamine groups is 6. The summed E-state index contributed by atoms with van der Waals surface area (Å²) in [6.45, 7) is -2.44. The van der Waals surface area contributed by atoms with E-state index in [0.717, 1.165) is 0 Å². The number of nitrogens with one attached hydrogen (secondary N) is 3. The molecule has 192 valence electrons. The topological polar surface area (TPSA) is 272 Å². The molecule has 18 heteroatoms. The molecular formula is C15H27N3O15. The van der Waals surface area contributed by atoms with Crippen molar-refractivity contribution >= 4 is 17.9 Å². The van der Waals surface area contributed by atoms with Gasteiger partial charge in [0.15, 0.2) is 18.5 Å². The Morgan fingerprint density at radius 2 is 1.18 bits per heavy atom. The molecule has 33 heavy (non-hydrogen) atoms. The largest absolute Gasteiger partial charge is 0.600 e. The number of hydrogen-bond acceptors (Lipinski definition) is 15. The zero-order valence-corrected chi connectivity index (χ0v) is 17.2. The van der Waals surface area contributed by atoms with E-state index in [4.69, 9.17) is 34.6 Å². The van der Waals surface area contributed by atoms with Gasteiger partial charge in [-0.15, -0.1) is 0 Å². The summed E-state index contributed by atoms with van der Waals surface area (Å²) in [5, 5.41) is 74.3. The predicted octanol–water partition coefficient (Wildman–Crippen LogP) is -7.08. The van der Waals surface area contributed by atoms with Gasteiger partial charge in [-0.3, -0.25) is 14.4 Å². The number of esters is 3. The van der Waals surface area contributed by atoms with Crippen molar-refractivity contribution in [2.45, 2.75) is 50.0 Å². The summed E-state index contributed by atoms with van der Waals surface area (Å²) in [6, 6.07) is 0. The van der Waals surface area contributed by atoms with E-state index in [1.807, 2.05) is 0 Å². The van der Waals surface area contributed by atoms with Gasteiger partial charge in [0.05, 0.1) is 19.3 Å². The Morgan fingerprint density at radius 3 is 1.64 bits per heavy atom. The number of hydrogen-bond donors (Lipinski definition) is 8. The number of aliphatic hydroxyl groups excluding tert-OH is 2. The van der Waals surface area contributed by atoms with Gasteiger partial charge >= 0.3 is 17.9 Å². The molecule has 0 amide bonds. The maximum atomic E-state index is 11.9. The molecule has 0 saturated carbocycles. The van der Waals surface area contributed by atoms with Crippen molar-refractivity contribution in [1.29, 1.82) is 0 Å². The fraction of sp³-hybridized carbons (Fsp3) is 0.800. The maximum Gasteiger partial charge on any atom is 0.312 e. The van der Waals surface area contributed by atoms with Crippen LogP contribution < -0.4 is 15.7 Å². The highest BCUT2D eigenvalue weighted by atomic mass is 16.8. The summed E-state index contributed by atoms with van der Waals surface area (Å²) < 4.78 is 19.8. The zero-order chi connectivity index (χ0) is 25.1. The van der Waals surface area contributed by atoms with Crippen LogP contribution in [0, 0.1) is 15.6 Å². The standard InChI is InChI=1S/C15H27N3O15/c19-9(1-4-16(24)25)30-7-8-13(32-10(20)2-5-17(26)27)12(22)14(15(23)31-8)33-11(21)3-6-18(28)29/h8,12-18,22-24,26,28H,1-7H2. The first kappa shape index (κ1) is 29.0. The number of carbonyl (C=O) groups excluding carboxylic acids is 3. The lowest BCUT2D eigenvalue weighted by atomic mass is 9.98. The molecule has 0 bridgehead atoms. The van der Waals surface area contributed by atoms with E-state index in [2.05, 4.69) is 0 Å². The minimum atomic E-state index is -1.99. The van der Waals surface area contributed by atoms with Crippen molar-refractivity contribution in [1.82, 2.24) is 0 Å². The van der Waals surface area contributed by atoms with E-state index >= 15 is 0 Å². The van der Waals surface area contributed by atoms with Crippen LogP contribution in [-0.2, 0) is 33.3 Å². The van der Waals surface area contributed by atoms with E-state index in [1.165, 1.54) is 0 Å². The fourth-order valence-electron chi connectivity index (χ4n) is 2.61. The van der Waals surface area contributed by atoms with Gasteiger partial charge in [-0.2, -0.15) is 0 Å². The van der Waals surface area contributed by atoms with Crippen LogP contribution in [0.4, 0.5) is 0 Å². The van der Waals surface area contributed by atoms with Gasteiger partial charge in [-0.1, -0.05) is 0 Å². The molecule has 0 radical (unpaired) electrons. The number of carbonyl (C=O) groups is 3. The molecular weight excluding hydrogens is 462 g/mol. The molecule has 18 nitrogen and oxygen atoms in total. The van der Waals surface area contributed by atoms with Gasteiger partial charge in [0.2, 0.25) is 0 Å². The minimum absolute atomic E-state index is 0.500. The van der Waals surface area contributed by atoms with E-state index < -0.39 is 110 Å². The van der Waals surface area contributed by atoms with Gasteiger partial charge in [0.25, 0.3) is 0 Å². The smallest absolute Gasteiger partial charge is 0.312 e. The predicted molar refractivity (Wildman–Crippen MR) is 94.4 cm³/mol. The first-order valence-corrected chi connectivity index (χ1v) is 9.62. The number of aliphatic hydroxyl groups is 2.